The minimum Gasteiger partial charge on any atom is -0.545 e. The molecule has 4 aromatic rings. The second kappa shape index (κ2) is 12.8. The molecule has 8 heteroatoms. The molecule has 6 N–H and O–H groups in total. The number of rotatable bonds is 7. The first kappa shape index (κ1) is 26.1. The van der Waals surface area contributed by atoms with Gasteiger partial charge in [0.25, 0.3) is 0 Å². The molecule has 0 atom stereocenters. The van der Waals surface area contributed by atoms with Crippen molar-refractivity contribution in [2.45, 2.75) is 16.2 Å². The fourth-order valence-corrected chi connectivity index (χ4v) is 5.40. The summed E-state index contributed by atoms with van der Waals surface area (Å²) in [6.07, 6.45) is 0.973. The Balaban J connectivity index is 0.000000203. The van der Waals surface area contributed by atoms with Crippen molar-refractivity contribution >= 4 is 44.9 Å². The minimum absolute atomic E-state index is 0.0796. The van der Waals surface area contributed by atoms with E-state index in [0.29, 0.717) is 9.79 Å². The van der Waals surface area contributed by atoms with Crippen LogP contribution in [0.2, 0.25) is 0 Å². The monoisotopic (exact) mass is 504 g/mol. The van der Waals surface area contributed by atoms with Crippen molar-refractivity contribution in [3.8, 4) is 0 Å². The summed E-state index contributed by atoms with van der Waals surface area (Å²) < 4.78 is 0. The summed E-state index contributed by atoms with van der Waals surface area (Å²) in [5, 5.41) is 21.9. The zero-order valence-electron chi connectivity index (χ0n) is 18.8. The number of hydrogen-bond donors (Lipinski definition) is 2. The van der Waals surface area contributed by atoms with Gasteiger partial charge in [-0.05, 0) is 53.9 Å². The fraction of sp³-hybridized carbons (Fsp3) is 0.0370. The molecular weight excluding hydrogens is 480 g/mol. The number of carbonyl (C=O) groups excluding carboxylic acids is 2. The molecule has 0 unspecified atom stereocenters. The van der Waals surface area contributed by atoms with E-state index in [4.69, 9.17) is 0 Å². The fourth-order valence-electron chi connectivity index (χ4n) is 3.06. The highest BCUT2D eigenvalue weighted by molar-refractivity contribution is 8.76. The first-order valence-corrected chi connectivity index (χ1v) is 12.8. The first-order valence-electron chi connectivity index (χ1n) is 10.6. The summed E-state index contributed by atoms with van der Waals surface area (Å²) in [5.41, 5.74) is 12.7. The van der Waals surface area contributed by atoms with Crippen LogP contribution in [0.4, 0.5) is 11.4 Å². The molecule has 0 aliphatic heterocycles. The zero-order valence-corrected chi connectivity index (χ0v) is 20.4. The van der Waals surface area contributed by atoms with Crippen molar-refractivity contribution in [1.82, 2.24) is 0 Å². The maximum Gasteiger partial charge on any atom is 0.127 e. The van der Waals surface area contributed by atoms with Crippen LogP contribution in [0.5, 0.6) is 0 Å². The van der Waals surface area contributed by atoms with Gasteiger partial charge in [-0.3, -0.25) is 0 Å². The molecule has 0 spiro atoms. The van der Waals surface area contributed by atoms with Crippen LogP contribution < -0.4 is 21.7 Å². The molecule has 0 radical (unpaired) electrons. The van der Waals surface area contributed by atoms with Gasteiger partial charge in [-0.25, -0.2) is 0 Å². The summed E-state index contributed by atoms with van der Waals surface area (Å²) in [7, 11) is 2.33. The van der Waals surface area contributed by atoms with Crippen molar-refractivity contribution in [3.63, 3.8) is 0 Å². The van der Waals surface area contributed by atoms with Gasteiger partial charge in [-0.1, -0.05) is 82.3 Å². The highest BCUT2D eigenvalue weighted by atomic mass is 33.1. The topological polar surface area (TPSA) is 136 Å². The molecule has 178 valence electrons. The quantitative estimate of drug-likeness (QED) is 0.371. The third kappa shape index (κ3) is 8.01. The van der Waals surface area contributed by atoms with Gasteiger partial charge in [-0.2, -0.15) is 0 Å². The normalized spacial score (nSPS) is 10.2. The molecule has 0 bridgehead atoms. The third-order valence-corrected chi connectivity index (χ3v) is 7.37. The molecule has 0 heterocycles. The van der Waals surface area contributed by atoms with Gasteiger partial charge in [0.15, 0.2) is 0 Å². The second-order valence-corrected chi connectivity index (χ2v) is 9.76. The SMILES string of the molecule is O=C([O-])c1ccccc1SSc1ccccc1C(=O)[O-].[NH3+]c1ccc(Cc2ccc([NH3+])cc2)cc1. The summed E-state index contributed by atoms with van der Waals surface area (Å²) in [6, 6.07) is 29.5. The number of benzene rings is 4. The van der Waals surface area contributed by atoms with Crippen LogP contribution in [0, 0.1) is 0 Å². The van der Waals surface area contributed by atoms with Crippen LogP contribution in [-0.4, -0.2) is 11.9 Å². The lowest BCUT2D eigenvalue weighted by molar-refractivity contribution is -0.256. The lowest BCUT2D eigenvalue weighted by Crippen LogP contribution is -2.39. The Bertz CT molecular complexity index is 1190. The summed E-state index contributed by atoms with van der Waals surface area (Å²) >= 11 is 0. The van der Waals surface area contributed by atoms with Gasteiger partial charge in [0.1, 0.15) is 11.4 Å². The first-order chi connectivity index (χ1) is 16.8. The summed E-state index contributed by atoms with van der Waals surface area (Å²) in [6.45, 7) is 0. The number of carbonyl (C=O) groups is 2. The van der Waals surface area contributed by atoms with Crippen LogP contribution in [0.1, 0.15) is 31.8 Å². The Morgan fingerprint density at radius 1 is 0.571 bits per heavy atom. The number of hydrogen-bond acceptors (Lipinski definition) is 6. The van der Waals surface area contributed by atoms with E-state index in [1.165, 1.54) is 23.3 Å². The molecule has 35 heavy (non-hydrogen) atoms. The third-order valence-electron chi connectivity index (χ3n) is 4.89. The van der Waals surface area contributed by atoms with Gasteiger partial charge < -0.3 is 31.3 Å². The Hall–Kier alpha value is -3.56. The van der Waals surface area contributed by atoms with Crippen LogP contribution in [0.3, 0.4) is 0 Å². The van der Waals surface area contributed by atoms with Crippen LogP contribution in [0.25, 0.3) is 0 Å². The second-order valence-electron chi connectivity index (χ2n) is 7.54. The number of carboxylic acids is 2. The van der Waals surface area contributed by atoms with Crippen molar-refractivity contribution in [2.24, 2.45) is 0 Å². The predicted octanol–water partition coefficient (Wildman–Crippen LogP) is 2.24. The van der Waals surface area contributed by atoms with Crippen LogP contribution in [0.15, 0.2) is 107 Å². The lowest BCUT2D eigenvalue weighted by atomic mass is 10.0. The predicted molar refractivity (Wildman–Crippen MR) is 134 cm³/mol. The Labute approximate surface area is 211 Å². The molecule has 0 aliphatic carbocycles. The number of quaternary nitrogens is 2. The van der Waals surface area contributed by atoms with E-state index >= 15 is 0 Å². The van der Waals surface area contributed by atoms with Gasteiger partial charge in [0, 0.05) is 20.9 Å². The van der Waals surface area contributed by atoms with Gasteiger partial charge in [-0.15, -0.1) is 0 Å². The molecule has 0 aliphatic rings. The molecular formula is C27H24N2O4S2. The maximum absolute atomic E-state index is 11.0. The lowest BCUT2D eigenvalue weighted by Gasteiger charge is -2.11. The average molecular weight is 505 g/mol. The van der Waals surface area contributed by atoms with Crippen molar-refractivity contribution in [2.75, 3.05) is 0 Å². The highest BCUT2D eigenvalue weighted by Gasteiger charge is 2.08. The summed E-state index contributed by atoms with van der Waals surface area (Å²) in [5.74, 6) is -2.52. The van der Waals surface area contributed by atoms with E-state index in [1.54, 1.807) is 36.4 Å². The molecule has 6 nitrogen and oxygen atoms in total. The largest absolute Gasteiger partial charge is 0.545 e. The molecule has 0 amide bonds. The Kier molecular flexibility index (Phi) is 9.51. The van der Waals surface area contributed by atoms with Gasteiger partial charge >= 0.3 is 0 Å². The molecule has 4 aromatic carbocycles. The van der Waals surface area contributed by atoms with E-state index in [0.717, 1.165) is 39.4 Å². The van der Waals surface area contributed by atoms with E-state index in [2.05, 4.69) is 35.7 Å². The number of carboxylic acid groups (broad SMARTS) is 2. The van der Waals surface area contributed by atoms with E-state index < -0.39 is 11.9 Å². The van der Waals surface area contributed by atoms with Gasteiger partial charge in [0.05, 0.1) is 11.9 Å². The van der Waals surface area contributed by atoms with Crippen molar-refractivity contribution < 1.29 is 31.3 Å². The standard InChI is InChI=1S/C14H10O4S2.C13H14N2/c15-13(16)9-5-1-3-7-11(9)19-20-12-8-4-2-6-10(12)14(17)18;14-12-5-1-10(2-6-12)9-11-3-7-13(15)8-4-11/h1-8H,(H,15,16)(H,17,18);1-8H,9,14-15H2. The Morgan fingerprint density at radius 2 is 0.914 bits per heavy atom. The van der Waals surface area contributed by atoms with E-state index in [9.17, 15) is 19.8 Å². The van der Waals surface area contributed by atoms with Gasteiger partial charge in [0.2, 0.25) is 0 Å². The zero-order chi connectivity index (χ0) is 25.2. The molecule has 4 rings (SSSR count). The number of aromatic carboxylic acids is 2. The highest BCUT2D eigenvalue weighted by Crippen LogP contribution is 2.40. The average Bonchev–Trinajstić information content (AvgIpc) is 2.86. The molecule has 0 aromatic heterocycles. The van der Waals surface area contributed by atoms with Crippen molar-refractivity contribution in [1.29, 1.82) is 0 Å². The van der Waals surface area contributed by atoms with Crippen LogP contribution in [-0.2, 0) is 6.42 Å². The van der Waals surface area contributed by atoms with Crippen molar-refractivity contribution in [3.05, 3.63) is 119 Å². The molecule has 0 saturated carbocycles. The van der Waals surface area contributed by atoms with E-state index in [1.807, 2.05) is 24.3 Å². The summed E-state index contributed by atoms with van der Waals surface area (Å²) in [4.78, 5) is 23.0. The molecule has 0 saturated heterocycles. The molecule has 0 fully saturated rings. The van der Waals surface area contributed by atoms with E-state index in [-0.39, 0.29) is 11.1 Å². The Morgan fingerprint density at radius 3 is 1.26 bits per heavy atom. The van der Waals surface area contributed by atoms with Crippen LogP contribution >= 0.6 is 21.6 Å². The maximum atomic E-state index is 11.0. The minimum atomic E-state index is -1.26. The smallest absolute Gasteiger partial charge is 0.127 e.